The number of thiophene rings is 1. The van der Waals surface area contributed by atoms with Crippen LogP contribution in [0.5, 0.6) is 11.5 Å². The fraction of sp³-hybridized carbons (Fsp3) is 0.200. The number of ether oxygens (including phenoxy) is 2. The Morgan fingerprint density at radius 1 is 1.14 bits per heavy atom. The number of hydrogen-bond acceptors (Lipinski definition) is 8. The van der Waals surface area contributed by atoms with Crippen LogP contribution in [0.15, 0.2) is 74.4 Å². The normalized spacial score (nSPS) is 11.6. The lowest BCUT2D eigenvalue weighted by molar-refractivity contribution is -0.119. The maximum absolute atomic E-state index is 13.2. The van der Waals surface area contributed by atoms with Gasteiger partial charge in [-0.05, 0) is 58.1 Å². The van der Waals surface area contributed by atoms with Crippen molar-refractivity contribution in [3.63, 3.8) is 0 Å². The van der Waals surface area contributed by atoms with Gasteiger partial charge in [0.05, 0.1) is 28.0 Å². The monoisotopic (exact) mass is 602 g/mol. The van der Waals surface area contributed by atoms with E-state index in [1.165, 1.54) is 18.4 Å². The number of methoxy groups -OCH3 is 1. The maximum atomic E-state index is 13.2. The predicted molar refractivity (Wildman–Crippen MR) is 149 cm³/mol. The Morgan fingerprint density at radius 2 is 1.86 bits per heavy atom. The molecule has 12 heteroatoms. The number of anilines is 1. The van der Waals surface area contributed by atoms with Gasteiger partial charge in [-0.15, -0.1) is 11.3 Å². The zero-order valence-electron chi connectivity index (χ0n) is 19.9. The number of aromatic nitrogens is 2. The van der Waals surface area contributed by atoms with E-state index in [0.29, 0.717) is 38.3 Å². The van der Waals surface area contributed by atoms with Crippen molar-refractivity contribution in [2.45, 2.75) is 23.8 Å². The number of para-hydroxylation sites is 3. The van der Waals surface area contributed by atoms with Crippen LogP contribution in [0.4, 0.5) is 5.69 Å². The molecule has 0 saturated carbocycles. The SMILES string of the molecule is CCC(Sc1nc2ccsc2c(=O)n1NC(=O)COc1ccccc1Br)C(=O)Nc1ccccc1OC. The number of halogens is 1. The first-order valence-corrected chi connectivity index (χ1v) is 13.7. The minimum atomic E-state index is -0.604. The number of carbonyl (C=O) groups excluding carboxylic acids is 2. The average molecular weight is 604 g/mol. The van der Waals surface area contributed by atoms with Gasteiger partial charge in [0.1, 0.15) is 16.2 Å². The van der Waals surface area contributed by atoms with Gasteiger partial charge in [0.2, 0.25) is 5.91 Å². The van der Waals surface area contributed by atoms with Crippen LogP contribution in [0.1, 0.15) is 13.3 Å². The van der Waals surface area contributed by atoms with Gasteiger partial charge in [-0.25, -0.2) is 4.98 Å². The van der Waals surface area contributed by atoms with Crippen LogP contribution in [0.3, 0.4) is 0 Å². The largest absolute Gasteiger partial charge is 0.495 e. The van der Waals surface area contributed by atoms with Crippen LogP contribution in [0, 0.1) is 0 Å². The van der Waals surface area contributed by atoms with Crippen molar-refractivity contribution in [2.24, 2.45) is 0 Å². The van der Waals surface area contributed by atoms with Crippen molar-refractivity contribution in [3.8, 4) is 11.5 Å². The second kappa shape index (κ2) is 12.3. The Kier molecular flexibility index (Phi) is 8.85. The number of carbonyl (C=O) groups is 2. The molecule has 2 aromatic heterocycles. The van der Waals surface area contributed by atoms with E-state index in [2.05, 4.69) is 31.7 Å². The van der Waals surface area contributed by atoms with Crippen molar-refractivity contribution in [1.82, 2.24) is 9.66 Å². The molecule has 9 nitrogen and oxygen atoms in total. The predicted octanol–water partition coefficient (Wildman–Crippen LogP) is 4.89. The molecule has 0 fully saturated rings. The summed E-state index contributed by atoms with van der Waals surface area (Å²) in [6.45, 7) is 1.53. The number of fused-ring (bicyclic) bond motifs is 1. The van der Waals surface area contributed by atoms with Gasteiger partial charge in [0.15, 0.2) is 11.8 Å². The number of thioether (sulfide) groups is 1. The standard InChI is InChI=1S/C25H23BrN4O5S2/c1-3-20(23(32)27-16-9-5-7-11-19(16)34-2)37-25-28-17-12-13-36-22(17)24(33)30(25)29-21(31)14-35-18-10-6-4-8-15(18)26/h4-13,20H,3,14H2,1-2H3,(H,27,32)(H,29,31). The van der Waals surface area contributed by atoms with Crippen LogP contribution < -0.4 is 25.8 Å². The van der Waals surface area contributed by atoms with Crippen LogP contribution in [-0.2, 0) is 9.59 Å². The first kappa shape index (κ1) is 26.7. The summed E-state index contributed by atoms with van der Waals surface area (Å²) in [5, 5.41) is 4.21. The summed E-state index contributed by atoms with van der Waals surface area (Å²) in [5.74, 6) is 0.184. The van der Waals surface area contributed by atoms with Crippen LogP contribution in [0.25, 0.3) is 10.2 Å². The van der Waals surface area contributed by atoms with E-state index in [1.54, 1.807) is 47.8 Å². The molecule has 0 spiro atoms. The molecule has 0 radical (unpaired) electrons. The third-order valence-corrected chi connectivity index (χ3v) is 8.02. The minimum absolute atomic E-state index is 0.187. The van der Waals surface area contributed by atoms with Gasteiger partial charge in [-0.3, -0.25) is 19.8 Å². The second-order valence-electron chi connectivity index (χ2n) is 7.63. The Labute approximate surface area is 229 Å². The summed E-state index contributed by atoms with van der Waals surface area (Å²) in [6.07, 6.45) is 0.447. The maximum Gasteiger partial charge on any atom is 0.291 e. The number of hydrogen-bond donors (Lipinski definition) is 2. The van der Waals surface area contributed by atoms with E-state index in [0.717, 1.165) is 16.4 Å². The van der Waals surface area contributed by atoms with Gasteiger partial charge in [0, 0.05) is 0 Å². The molecule has 2 heterocycles. The number of rotatable bonds is 10. The van der Waals surface area contributed by atoms with Gasteiger partial charge < -0.3 is 14.8 Å². The quantitative estimate of drug-likeness (QED) is 0.196. The summed E-state index contributed by atoms with van der Waals surface area (Å²) >= 11 is 5.68. The lowest BCUT2D eigenvalue weighted by Gasteiger charge is -2.18. The first-order valence-electron chi connectivity index (χ1n) is 11.2. The average Bonchev–Trinajstić information content (AvgIpc) is 3.38. The van der Waals surface area contributed by atoms with Crippen molar-refractivity contribution >= 4 is 66.7 Å². The fourth-order valence-electron chi connectivity index (χ4n) is 3.34. The molecule has 0 aliphatic rings. The molecule has 0 aliphatic heterocycles. The molecule has 4 rings (SSSR count). The van der Waals surface area contributed by atoms with E-state index in [1.807, 2.05) is 19.1 Å². The van der Waals surface area contributed by atoms with Crippen molar-refractivity contribution in [1.29, 1.82) is 0 Å². The summed E-state index contributed by atoms with van der Waals surface area (Å²) in [6, 6.07) is 15.9. The molecule has 1 atom stereocenters. The summed E-state index contributed by atoms with van der Waals surface area (Å²) in [4.78, 5) is 43.7. The summed E-state index contributed by atoms with van der Waals surface area (Å²) in [5.41, 5.74) is 3.18. The highest BCUT2D eigenvalue weighted by atomic mass is 79.9. The van der Waals surface area contributed by atoms with E-state index < -0.39 is 16.7 Å². The third-order valence-electron chi connectivity index (χ3n) is 5.16. The van der Waals surface area contributed by atoms with E-state index in [-0.39, 0.29) is 17.7 Å². The Morgan fingerprint density at radius 3 is 2.59 bits per heavy atom. The third kappa shape index (κ3) is 6.32. The van der Waals surface area contributed by atoms with Gasteiger partial charge in [-0.2, -0.15) is 4.68 Å². The Hall–Kier alpha value is -3.35. The first-order chi connectivity index (χ1) is 17.9. The van der Waals surface area contributed by atoms with Gasteiger partial charge in [0.25, 0.3) is 11.5 Å². The number of amides is 2. The molecule has 0 saturated heterocycles. The molecule has 4 aromatic rings. The summed E-state index contributed by atoms with van der Waals surface area (Å²) < 4.78 is 13.1. The minimum Gasteiger partial charge on any atom is -0.495 e. The molecule has 1 unspecified atom stereocenters. The topological polar surface area (TPSA) is 112 Å². The van der Waals surface area contributed by atoms with Gasteiger partial charge >= 0.3 is 0 Å². The highest BCUT2D eigenvalue weighted by molar-refractivity contribution is 9.10. The molecule has 0 bridgehead atoms. The molecule has 0 aliphatic carbocycles. The van der Waals surface area contributed by atoms with Crippen LogP contribution >= 0.6 is 39.0 Å². The highest BCUT2D eigenvalue weighted by Gasteiger charge is 2.24. The zero-order valence-corrected chi connectivity index (χ0v) is 23.1. The molecule has 2 N–H and O–H groups in total. The molecule has 2 amide bonds. The van der Waals surface area contributed by atoms with Crippen molar-refractivity contribution in [2.75, 3.05) is 24.5 Å². The highest BCUT2D eigenvalue weighted by Crippen LogP contribution is 2.29. The molecule has 192 valence electrons. The molecule has 37 heavy (non-hydrogen) atoms. The molecule has 2 aromatic carbocycles. The lowest BCUT2D eigenvalue weighted by Crippen LogP contribution is -2.37. The van der Waals surface area contributed by atoms with Crippen LogP contribution in [0.2, 0.25) is 0 Å². The fourth-order valence-corrected chi connectivity index (χ4v) is 5.47. The van der Waals surface area contributed by atoms with E-state index >= 15 is 0 Å². The Bertz CT molecular complexity index is 1490. The van der Waals surface area contributed by atoms with E-state index in [9.17, 15) is 14.4 Å². The Balaban J connectivity index is 1.56. The number of benzene rings is 2. The molecular weight excluding hydrogens is 580 g/mol. The summed E-state index contributed by atoms with van der Waals surface area (Å²) in [7, 11) is 1.53. The van der Waals surface area contributed by atoms with Crippen LogP contribution in [-0.4, -0.2) is 40.4 Å². The number of nitrogens with zero attached hydrogens (tertiary/aromatic N) is 2. The smallest absolute Gasteiger partial charge is 0.291 e. The zero-order chi connectivity index (χ0) is 26.4. The van der Waals surface area contributed by atoms with Crippen molar-refractivity contribution < 1.29 is 19.1 Å². The van der Waals surface area contributed by atoms with Gasteiger partial charge in [-0.1, -0.05) is 43.0 Å². The number of nitrogens with one attached hydrogen (secondary N) is 2. The van der Waals surface area contributed by atoms with Crippen molar-refractivity contribution in [3.05, 3.63) is 74.8 Å². The van der Waals surface area contributed by atoms with E-state index in [4.69, 9.17) is 9.47 Å². The molecular formula is C25H23BrN4O5S2. The lowest BCUT2D eigenvalue weighted by atomic mass is 10.2. The second-order valence-corrected chi connectivity index (χ2v) is 10.6.